The van der Waals surface area contributed by atoms with Crippen LogP contribution in [0.3, 0.4) is 0 Å². The van der Waals surface area contributed by atoms with E-state index in [9.17, 15) is 10.1 Å². The van der Waals surface area contributed by atoms with Crippen LogP contribution < -0.4 is 10.2 Å². The monoisotopic (exact) mass is 351 g/mol. The van der Waals surface area contributed by atoms with Crippen LogP contribution in [0.2, 0.25) is 5.02 Å². The summed E-state index contributed by atoms with van der Waals surface area (Å²) in [5.74, 6) is -0.290. The number of carbonyl (C=O) groups is 1. The van der Waals surface area contributed by atoms with E-state index in [2.05, 4.69) is 5.32 Å². The second-order valence-electron chi connectivity index (χ2n) is 5.92. The molecule has 3 rings (SSSR count). The van der Waals surface area contributed by atoms with Gasteiger partial charge in [0.2, 0.25) is 0 Å². The first-order valence-electron chi connectivity index (χ1n) is 8.13. The fraction of sp³-hybridized carbons (Fsp3) is 0.200. The van der Waals surface area contributed by atoms with Gasteiger partial charge in [0, 0.05) is 29.1 Å². The molecule has 1 aliphatic rings. The van der Waals surface area contributed by atoms with E-state index >= 15 is 0 Å². The molecule has 0 atom stereocenters. The fourth-order valence-electron chi connectivity index (χ4n) is 2.95. The Bertz CT molecular complexity index is 883. The molecular weight excluding hydrogens is 334 g/mol. The highest BCUT2D eigenvalue weighted by molar-refractivity contribution is 6.31. The van der Waals surface area contributed by atoms with Crippen LogP contribution in [0, 0.1) is 18.3 Å². The lowest BCUT2D eigenvalue weighted by Gasteiger charge is -2.29. The van der Waals surface area contributed by atoms with E-state index in [0.29, 0.717) is 11.6 Å². The number of fused-ring (bicyclic) bond motifs is 1. The number of hydrogen-bond donors (Lipinski definition) is 1. The largest absolute Gasteiger partial charge is 0.360 e. The average Bonchev–Trinajstić information content (AvgIpc) is 2.64. The van der Waals surface area contributed by atoms with Gasteiger partial charge in [-0.3, -0.25) is 4.79 Å². The van der Waals surface area contributed by atoms with E-state index < -0.39 is 0 Å². The van der Waals surface area contributed by atoms with E-state index in [1.165, 1.54) is 6.20 Å². The maximum absolute atomic E-state index is 12.8. The van der Waals surface area contributed by atoms with Gasteiger partial charge in [-0.2, -0.15) is 5.26 Å². The molecule has 4 nitrogen and oxygen atoms in total. The van der Waals surface area contributed by atoms with Gasteiger partial charge in [0.15, 0.2) is 0 Å². The number of halogens is 1. The van der Waals surface area contributed by atoms with Crippen LogP contribution in [-0.4, -0.2) is 12.5 Å². The SMILES string of the molecule is Cc1c(Cl)cccc1N/C=C(/C#N)C(=O)N1CCCc2ccccc21. The molecule has 0 unspecified atom stereocenters. The Labute approximate surface area is 152 Å². The molecule has 0 spiro atoms. The number of anilines is 2. The molecule has 1 aliphatic heterocycles. The summed E-state index contributed by atoms with van der Waals surface area (Å²) in [6.07, 6.45) is 3.30. The third-order valence-corrected chi connectivity index (χ3v) is 4.76. The molecule has 2 aromatic carbocycles. The van der Waals surface area contributed by atoms with Gasteiger partial charge < -0.3 is 10.2 Å². The van der Waals surface area contributed by atoms with Gasteiger partial charge in [0.05, 0.1) is 0 Å². The number of nitrogens with zero attached hydrogens (tertiary/aromatic N) is 2. The summed E-state index contributed by atoms with van der Waals surface area (Å²) < 4.78 is 0. The van der Waals surface area contributed by atoms with Crippen molar-refractivity contribution in [1.82, 2.24) is 0 Å². The first-order valence-corrected chi connectivity index (χ1v) is 8.51. The Morgan fingerprint density at radius 1 is 1.28 bits per heavy atom. The standard InChI is InChI=1S/C20H18ClN3O/c1-14-17(21)8-4-9-18(14)23-13-16(12-22)20(25)24-11-5-7-15-6-2-3-10-19(15)24/h2-4,6,8-10,13,23H,5,7,11H2,1H3/b16-13-. The zero-order valence-electron chi connectivity index (χ0n) is 13.9. The maximum atomic E-state index is 12.8. The van der Waals surface area contributed by atoms with Crippen molar-refractivity contribution in [3.63, 3.8) is 0 Å². The number of hydrogen-bond acceptors (Lipinski definition) is 3. The molecule has 0 saturated carbocycles. The molecule has 1 heterocycles. The third kappa shape index (κ3) is 3.52. The van der Waals surface area contributed by atoms with Crippen LogP contribution in [0.1, 0.15) is 17.5 Å². The molecule has 0 bridgehead atoms. The van der Waals surface area contributed by atoms with Gasteiger partial charge in [-0.05, 0) is 49.1 Å². The Morgan fingerprint density at radius 3 is 2.88 bits per heavy atom. The van der Waals surface area contributed by atoms with Gasteiger partial charge in [0.25, 0.3) is 5.91 Å². The van der Waals surface area contributed by atoms with Gasteiger partial charge >= 0.3 is 0 Å². The minimum Gasteiger partial charge on any atom is -0.360 e. The van der Waals surface area contributed by atoms with Gasteiger partial charge in [0.1, 0.15) is 11.6 Å². The van der Waals surface area contributed by atoms with Gasteiger partial charge in [-0.1, -0.05) is 35.9 Å². The quantitative estimate of drug-likeness (QED) is 0.656. The van der Waals surface area contributed by atoms with E-state index in [-0.39, 0.29) is 11.5 Å². The summed E-state index contributed by atoms with van der Waals surface area (Å²) >= 11 is 6.10. The molecule has 0 radical (unpaired) electrons. The number of nitriles is 1. The first kappa shape index (κ1) is 17.1. The minimum absolute atomic E-state index is 0.0658. The van der Waals surface area contributed by atoms with Crippen molar-refractivity contribution in [2.75, 3.05) is 16.8 Å². The number of amides is 1. The molecule has 25 heavy (non-hydrogen) atoms. The summed E-state index contributed by atoms with van der Waals surface area (Å²) in [6, 6.07) is 15.3. The highest BCUT2D eigenvalue weighted by Crippen LogP contribution is 2.28. The van der Waals surface area contributed by atoms with Crippen molar-refractivity contribution in [2.45, 2.75) is 19.8 Å². The van der Waals surface area contributed by atoms with Crippen molar-refractivity contribution in [2.24, 2.45) is 0 Å². The van der Waals surface area contributed by atoms with Crippen LogP contribution in [0.5, 0.6) is 0 Å². The Hall–Kier alpha value is -2.77. The maximum Gasteiger partial charge on any atom is 0.270 e. The van der Waals surface area contributed by atoms with Crippen molar-refractivity contribution in [1.29, 1.82) is 5.26 Å². The van der Waals surface area contributed by atoms with Crippen LogP contribution in [0.4, 0.5) is 11.4 Å². The minimum atomic E-state index is -0.290. The summed E-state index contributed by atoms with van der Waals surface area (Å²) in [6.45, 7) is 2.50. The zero-order valence-corrected chi connectivity index (χ0v) is 14.7. The highest BCUT2D eigenvalue weighted by Gasteiger charge is 2.24. The van der Waals surface area contributed by atoms with E-state index in [1.807, 2.05) is 49.4 Å². The van der Waals surface area contributed by atoms with Crippen LogP contribution in [-0.2, 0) is 11.2 Å². The molecule has 126 valence electrons. The predicted molar refractivity (Wildman–Crippen MR) is 101 cm³/mol. The lowest BCUT2D eigenvalue weighted by Crippen LogP contribution is -2.36. The molecule has 2 aromatic rings. The Balaban J connectivity index is 1.85. The molecule has 1 N–H and O–H groups in total. The predicted octanol–water partition coefficient (Wildman–Crippen LogP) is 4.45. The summed E-state index contributed by atoms with van der Waals surface area (Å²) in [5, 5.41) is 13.1. The molecule has 1 amide bonds. The topological polar surface area (TPSA) is 56.1 Å². The fourth-order valence-corrected chi connectivity index (χ4v) is 3.12. The van der Waals surface area contributed by atoms with Crippen molar-refractivity contribution < 1.29 is 4.79 Å². The third-order valence-electron chi connectivity index (χ3n) is 4.35. The Kier molecular flexibility index (Phi) is 5.06. The molecule has 0 fully saturated rings. The number of carbonyl (C=O) groups excluding carboxylic acids is 1. The second kappa shape index (κ2) is 7.42. The molecular formula is C20H18ClN3O. The number of benzene rings is 2. The summed E-state index contributed by atoms with van der Waals surface area (Å²) in [7, 11) is 0. The number of nitrogens with one attached hydrogen (secondary N) is 1. The normalized spacial score (nSPS) is 13.8. The molecule has 0 saturated heterocycles. The molecule has 0 aliphatic carbocycles. The van der Waals surface area contributed by atoms with E-state index in [0.717, 1.165) is 35.3 Å². The number of rotatable bonds is 3. The molecule has 0 aromatic heterocycles. The molecule has 5 heteroatoms. The smallest absolute Gasteiger partial charge is 0.270 e. The van der Waals surface area contributed by atoms with E-state index in [1.54, 1.807) is 11.0 Å². The Morgan fingerprint density at radius 2 is 2.08 bits per heavy atom. The van der Waals surface area contributed by atoms with Crippen LogP contribution >= 0.6 is 11.6 Å². The highest BCUT2D eigenvalue weighted by atomic mass is 35.5. The second-order valence-corrected chi connectivity index (χ2v) is 6.32. The van der Waals surface area contributed by atoms with E-state index in [4.69, 9.17) is 11.6 Å². The lowest BCUT2D eigenvalue weighted by molar-refractivity contribution is -0.114. The van der Waals surface area contributed by atoms with Crippen molar-refractivity contribution in [3.8, 4) is 6.07 Å². The average molecular weight is 352 g/mol. The van der Waals surface area contributed by atoms with Crippen molar-refractivity contribution in [3.05, 3.63) is 70.4 Å². The summed E-state index contributed by atoms with van der Waals surface area (Å²) in [5.41, 5.74) is 3.73. The van der Waals surface area contributed by atoms with Crippen LogP contribution in [0.25, 0.3) is 0 Å². The van der Waals surface area contributed by atoms with Crippen LogP contribution in [0.15, 0.2) is 54.2 Å². The van der Waals surface area contributed by atoms with Gasteiger partial charge in [-0.25, -0.2) is 0 Å². The van der Waals surface area contributed by atoms with Gasteiger partial charge in [-0.15, -0.1) is 0 Å². The zero-order chi connectivity index (χ0) is 17.8. The lowest BCUT2D eigenvalue weighted by atomic mass is 10.0. The summed E-state index contributed by atoms with van der Waals surface area (Å²) in [4.78, 5) is 14.5. The van der Waals surface area contributed by atoms with Crippen molar-refractivity contribution >= 4 is 28.9 Å². The first-order chi connectivity index (χ1) is 12.1. The number of para-hydroxylation sites is 1. The number of aryl methyl sites for hydroxylation is 1.